The minimum Gasteiger partial charge on any atom is -0.310 e. The molecule has 0 aliphatic heterocycles. The number of nitrogens with one attached hydrogen (secondary N) is 1. The second-order valence-electron chi connectivity index (χ2n) is 3.52. The third-order valence-corrected chi connectivity index (χ3v) is 2.56. The Morgan fingerprint density at radius 2 is 2.38 bits per heavy atom. The lowest BCUT2D eigenvalue weighted by molar-refractivity contribution is 0.449. The van der Waals surface area contributed by atoms with Gasteiger partial charge in [0.25, 0.3) is 0 Å². The van der Waals surface area contributed by atoms with E-state index < -0.39 is 0 Å². The molecule has 0 radical (unpaired) electrons. The van der Waals surface area contributed by atoms with Crippen molar-refractivity contribution in [2.45, 2.75) is 25.8 Å². The summed E-state index contributed by atoms with van der Waals surface area (Å²) in [6, 6.07) is 5.59. The lowest BCUT2D eigenvalue weighted by atomic mass is 9.83. The van der Waals surface area contributed by atoms with Gasteiger partial charge in [0.1, 0.15) is 5.82 Å². The zero-order valence-corrected chi connectivity index (χ0v) is 7.81. The molecule has 1 N–H and O–H groups in total. The predicted octanol–water partition coefficient (Wildman–Crippen LogP) is 2.42. The third-order valence-electron chi connectivity index (χ3n) is 2.56. The number of hydrogen-bond donors (Lipinski definition) is 1. The topological polar surface area (TPSA) is 12.0 Å². The van der Waals surface area contributed by atoms with Crippen LogP contribution in [0.5, 0.6) is 0 Å². The van der Waals surface area contributed by atoms with Gasteiger partial charge in [0.15, 0.2) is 0 Å². The number of fused-ring (bicyclic) bond motifs is 1. The molecule has 1 aromatic rings. The first-order valence-electron chi connectivity index (χ1n) is 4.83. The smallest absolute Gasteiger partial charge is 0.128 e. The van der Waals surface area contributed by atoms with E-state index in [1.54, 1.807) is 12.1 Å². The number of rotatable bonds is 3. The van der Waals surface area contributed by atoms with E-state index >= 15 is 0 Å². The first-order chi connectivity index (χ1) is 6.33. The van der Waals surface area contributed by atoms with Crippen molar-refractivity contribution in [2.75, 3.05) is 6.54 Å². The molecule has 70 valence electrons. The largest absolute Gasteiger partial charge is 0.310 e. The molecule has 0 spiro atoms. The van der Waals surface area contributed by atoms with Crippen LogP contribution in [0.25, 0.3) is 0 Å². The molecule has 2 heteroatoms. The molecule has 0 aromatic heterocycles. The van der Waals surface area contributed by atoms with Crippen LogP contribution in [-0.4, -0.2) is 6.54 Å². The zero-order chi connectivity index (χ0) is 9.26. The summed E-state index contributed by atoms with van der Waals surface area (Å²) in [5.41, 5.74) is 2.05. The van der Waals surface area contributed by atoms with E-state index in [4.69, 9.17) is 0 Å². The Bertz CT molecular complexity index is 295. The van der Waals surface area contributed by atoms with Crippen molar-refractivity contribution < 1.29 is 4.39 Å². The Hall–Kier alpha value is -0.890. The summed E-state index contributed by atoms with van der Waals surface area (Å²) in [6.07, 6.45) is 2.08. The van der Waals surface area contributed by atoms with E-state index in [-0.39, 0.29) is 11.9 Å². The highest BCUT2D eigenvalue weighted by Gasteiger charge is 2.28. The van der Waals surface area contributed by atoms with Crippen LogP contribution >= 0.6 is 0 Å². The average molecular weight is 179 g/mol. The quantitative estimate of drug-likeness (QED) is 0.751. The Morgan fingerprint density at radius 3 is 3.08 bits per heavy atom. The third kappa shape index (κ3) is 1.46. The monoisotopic (exact) mass is 179 g/mol. The van der Waals surface area contributed by atoms with Crippen molar-refractivity contribution in [3.05, 3.63) is 35.1 Å². The predicted molar refractivity (Wildman–Crippen MR) is 51.1 cm³/mol. The molecule has 1 unspecified atom stereocenters. The van der Waals surface area contributed by atoms with Gasteiger partial charge in [-0.15, -0.1) is 0 Å². The van der Waals surface area contributed by atoms with Gasteiger partial charge in [-0.05, 0) is 31.0 Å². The summed E-state index contributed by atoms with van der Waals surface area (Å²) >= 11 is 0. The highest BCUT2D eigenvalue weighted by Crippen LogP contribution is 2.34. The molecule has 13 heavy (non-hydrogen) atoms. The summed E-state index contributed by atoms with van der Waals surface area (Å²) in [7, 11) is 0. The van der Waals surface area contributed by atoms with Gasteiger partial charge in [0, 0.05) is 11.6 Å². The summed E-state index contributed by atoms with van der Waals surface area (Å²) < 4.78 is 13.3. The fourth-order valence-electron chi connectivity index (χ4n) is 1.83. The normalized spacial score (nSPS) is 19.4. The molecular formula is C11H14FN. The molecule has 0 fully saturated rings. The van der Waals surface area contributed by atoms with Gasteiger partial charge in [-0.1, -0.05) is 19.1 Å². The van der Waals surface area contributed by atoms with Crippen LogP contribution in [0.2, 0.25) is 0 Å². The molecular weight excluding hydrogens is 165 g/mol. The molecule has 1 aliphatic carbocycles. The van der Waals surface area contributed by atoms with Gasteiger partial charge in [-0.2, -0.15) is 0 Å². The van der Waals surface area contributed by atoms with Crippen molar-refractivity contribution in [2.24, 2.45) is 0 Å². The van der Waals surface area contributed by atoms with Crippen molar-refractivity contribution >= 4 is 0 Å². The van der Waals surface area contributed by atoms with E-state index in [2.05, 4.69) is 12.2 Å². The van der Waals surface area contributed by atoms with E-state index in [1.165, 1.54) is 0 Å². The maximum atomic E-state index is 13.3. The zero-order valence-electron chi connectivity index (χ0n) is 7.81. The van der Waals surface area contributed by atoms with E-state index in [0.29, 0.717) is 0 Å². The second kappa shape index (κ2) is 3.46. The molecule has 1 atom stereocenters. The summed E-state index contributed by atoms with van der Waals surface area (Å²) in [4.78, 5) is 0. The summed E-state index contributed by atoms with van der Waals surface area (Å²) in [6.45, 7) is 3.09. The van der Waals surface area contributed by atoms with Crippen LogP contribution in [0.1, 0.15) is 30.5 Å². The Balaban J connectivity index is 2.11. The fourth-order valence-corrected chi connectivity index (χ4v) is 1.83. The number of benzene rings is 1. The van der Waals surface area contributed by atoms with Crippen LogP contribution in [0.3, 0.4) is 0 Å². The fraction of sp³-hybridized carbons (Fsp3) is 0.455. The number of halogens is 1. The van der Waals surface area contributed by atoms with Crippen LogP contribution in [-0.2, 0) is 6.42 Å². The van der Waals surface area contributed by atoms with E-state index in [0.717, 1.165) is 30.5 Å². The maximum absolute atomic E-state index is 13.3. The van der Waals surface area contributed by atoms with Crippen molar-refractivity contribution in [3.63, 3.8) is 0 Å². The Labute approximate surface area is 78.0 Å². The Kier molecular flexibility index (Phi) is 2.32. The van der Waals surface area contributed by atoms with Gasteiger partial charge in [-0.3, -0.25) is 0 Å². The molecule has 1 aliphatic rings. The van der Waals surface area contributed by atoms with Gasteiger partial charge in [0.05, 0.1) is 0 Å². The first-order valence-corrected chi connectivity index (χ1v) is 4.83. The van der Waals surface area contributed by atoms with E-state index in [9.17, 15) is 4.39 Å². The van der Waals surface area contributed by atoms with Gasteiger partial charge < -0.3 is 5.32 Å². The Morgan fingerprint density at radius 1 is 1.54 bits per heavy atom. The molecule has 0 heterocycles. The van der Waals surface area contributed by atoms with Crippen LogP contribution in [0.4, 0.5) is 4.39 Å². The standard InChI is InChI=1S/C11H14FN/c1-2-6-13-10-7-8-4-3-5-9(12)11(8)10/h3-5,10,13H,2,6-7H2,1H3. The molecule has 1 aromatic carbocycles. The first kappa shape index (κ1) is 8.70. The molecule has 2 rings (SSSR count). The SMILES string of the molecule is CCCNC1Cc2cccc(F)c21. The lowest BCUT2D eigenvalue weighted by Gasteiger charge is -2.31. The molecule has 1 nitrogen and oxygen atoms in total. The van der Waals surface area contributed by atoms with Gasteiger partial charge in [-0.25, -0.2) is 4.39 Å². The van der Waals surface area contributed by atoms with Gasteiger partial charge >= 0.3 is 0 Å². The van der Waals surface area contributed by atoms with Crippen molar-refractivity contribution in [1.82, 2.24) is 5.32 Å². The summed E-state index contributed by atoms with van der Waals surface area (Å²) in [5.74, 6) is -0.0580. The second-order valence-corrected chi connectivity index (χ2v) is 3.52. The highest BCUT2D eigenvalue weighted by molar-refractivity contribution is 5.40. The van der Waals surface area contributed by atoms with Crippen molar-refractivity contribution in [3.8, 4) is 0 Å². The molecule has 0 saturated carbocycles. The minimum atomic E-state index is -0.0580. The maximum Gasteiger partial charge on any atom is 0.128 e. The van der Waals surface area contributed by atoms with Crippen molar-refractivity contribution in [1.29, 1.82) is 0 Å². The minimum absolute atomic E-state index is 0.0580. The highest BCUT2D eigenvalue weighted by atomic mass is 19.1. The van der Waals surface area contributed by atoms with E-state index in [1.807, 2.05) is 6.07 Å². The lowest BCUT2D eigenvalue weighted by Crippen LogP contribution is -2.32. The molecule has 0 amide bonds. The average Bonchev–Trinajstić information content (AvgIpc) is 2.07. The summed E-state index contributed by atoms with van der Waals surface area (Å²) in [5, 5.41) is 3.33. The van der Waals surface area contributed by atoms with Gasteiger partial charge in [0.2, 0.25) is 0 Å². The van der Waals surface area contributed by atoms with Crippen LogP contribution in [0, 0.1) is 5.82 Å². The number of hydrogen-bond acceptors (Lipinski definition) is 1. The van der Waals surface area contributed by atoms with Crippen LogP contribution in [0.15, 0.2) is 18.2 Å². The molecule has 0 saturated heterocycles. The molecule has 0 bridgehead atoms. The van der Waals surface area contributed by atoms with Crippen LogP contribution < -0.4 is 5.32 Å².